The highest BCUT2D eigenvalue weighted by molar-refractivity contribution is 6.33. The van der Waals surface area contributed by atoms with Gasteiger partial charge in [0.15, 0.2) is 5.82 Å². The van der Waals surface area contributed by atoms with E-state index >= 15 is 0 Å². The van der Waals surface area contributed by atoms with Crippen LogP contribution in [0.2, 0.25) is 5.02 Å². The highest BCUT2D eigenvalue weighted by Crippen LogP contribution is 2.34. The lowest BCUT2D eigenvalue weighted by Crippen LogP contribution is -2.43. The summed E-state index contributed by atoms with van der Waals surface area (Å²) in [6, 6.07) is 15.9. The van der Waals surface area contributed by atoms with Crippen LogP contribution in [0.25, 0.3) is 0 Å². The number of halogens is 1. The number of nitrogens with one attached hydrogen (secondary N) is 2. The Morgan fingerprint density at radius 1 is 1.00 bits per heavy atom. The molecular formula is C27H33ClN7O+. The first kappa shape index (κ1) is 24.6. The summed E-state index contributed by atoms with van der Waals surface area (Å²) in [5.41, 5.74) is 3.46. The average Bonchev–Trinajstić information content (AvgIpc) is 3.44. The molecular weight excluding hydrogens is 474 g/mol. The van der Waals surface area contributed by atoms with Crippen LogP contribution in [0.3, 0.4) is 0 Å². The van der Waals surface area contributed by atoms with Crippen LogP contribution in [-0.2, 0) is 6.54 Å². The molecule has 8 nitrogen and oxygen atoms in total. The van der Waals surface area contributed by atoms with E-state index in [4.69, 9.17) is 11.6 Å². The Hall–Kier alpha value is -3.07. The quantitative estimate of drug-likeness (QED) is 0.378. The molecule has 0 atom stereocenters. The zero-order valence-corrected chi connectivity index (χ0v) is 21.4. The first-order chi connectivity index (χ1) is 17.5. The Kier molecular flexibility index (Phi) is 7.75. The van der Waals surface area contributed by atoms with Crippen molar-refractivity contribution in [1.29, 1.82) is 0 Å². The van der Waals surface area contributed by atoms with Crippen LogP contribution in [0.1, 0.15) is 31.2 Å². The number of para-hydroxylation sites is 2. The van der Waals surface area contributed by atoms with Gasteiger partial charge < -0.3 is 15.5 Å². The van der Waals surface area contributed by atoms with Crippen LogP contribution in [0.4, 0.5) is 28.8 Å². The van der Waals surface area contributed by atoms with E-state index in [2.05, 4.69) is 49.6 Å². The van der Waals surface area contributed by atoms with Gasteiger partial charge in [-0.1, -0.05) is 35.9 Å². The maximum Gasteiger partial charge on any atom is 0.279 e. The number of hydrogen-bond acceptors (Lipinski definition) is 7. The number of nitroso groups, excluding NO2 is 1. The summed E-state index contributed by atoms with van der Waals surface area (Å²) in [5.74, 6) is 0.883. The Balaban J connectivity index is 1.26. The van der Waals surface area contributed by atoms with Crippen LogP contribution in [-0.4, -0.2) is 63.8 Å². The van der Waals surface area contributed by atoms with Crippen LogP contribution < -0.4 is 10.6 Å². The zero-order chi connectivity index (χ0) is 24.9. The van der Waals surface area contributed by atoms with Crippen molar-refractivity contribution in [3.8, 4) is 0 Å². The summed E-state index contributed by atoms with van der Waals surface area (Å²) in [7, 11) is 2.17. The molecule has 5 rings (SSSR count). The Morgan fingerprint density at radius 3 is 2.47 bits per heavy atom. The monoisotopic (exact) mass is 506 g/mol. The van der Waals surface area contributed by atoms with Crippen molar-refractivity contribution in [2.24, 2.45) is 0 Å². The third-order valence-corrected chi connectivity index (χ3v) is 7.28. The number of anilines is 4. The van der Waals surface area contributed by atoms with Gasteiger partial charge in [-0.3, -0.25) is 4.90 Å². The van der Waals surface area contributed by atoms with E-state index in [1.165, 1.54) is 5.56 Å². The number of nitrogens with zero attached hydrogens (tertiary/aromatic N) is 5. The molecule has 1 aliphatic heterocycles. The topological polar surface area (TPSA) is 76.4 Å². The second-order valence-electron chi connectivity index (χ2n) is 9.70. The fourth-order valence-electron chi connectivity index (χ4n) is 4.84. The third kappa shape index (κ3) is 6.00. The minimum atomic E-state index is 0.0188. The maximum absolute atomic E-state index is 13.0. The van der Waals surface area contributed by atoms with Gasteiger partial charge in [0, 0.05) is 67.0 Å². The first-order valence-electron chi connectivity index (χ1n) is 12.7. The number of rotatable bonds is 8. The van der Waals surface area contributed by atoms with Gasteiger partial charge in [0.1, 0.15) is 10.7 Å². The average molecular weight is 507 g/mol. The number of aromatic nitrogens is 2. The Morgan fingerprint density at radius 2 is 1.72 bits per heavy atom. The van der Waals surface area contributed by atoms with E-state index in [-0.39, 0.29) is 6.04 Å². The number of benzene rings is 2. The van der Waals surface area contributed by atoms with Crippen LogP contribution in [0.5, 0.6) is 0 Å². The molecule has 2 fully saturated rings. The van der Waals surface area contributed by atoms with Crippen LogP contribution >= 0.6 is 11.6 Å². The van der Waals surface area contributed by atoms with E-state index in [1.54, 1.807) is 6.20 Å². The highest BCUT2D eigenvalue weighted by atomic mass is 35.5. The maximum atomic E-state index is 13.0. The normalized spacial score (nSPS) is 17.3. The van der Waals surface area contributed by atoms with E-state index in [0.29, 0.717) is 28.2 Å². The lowest BCUT2D eigenvalue weighted by molar-refractivity contribution is -0.503. The van der Waals surface area contributed by atoms with Gasteiger partial charge in [0.05, 0.1) is 6.20 Å². The molecule has 2 N–H and O–H groups in total. The van der Waals surface area contributed by atoms with Crippen molar-refractivity contribution in [3.05, 3.63) is 70.2 Å². The Labute approximate surface area is 217 Å². The van der Waals surface area contributed by atoms with Crippen molar-refractivity contribution >= 4 is 40.4 Å². The fraction of sp³-hybridized carbons (Fsp3) is 0.407. The summed E-state index contributed by atoms with van der Waals surface area (Å²) in [5, 5.41) is 6.90. The largest absolute Gasteiger partial charge is 0.333 e. The molecule has 0 bridgehead atoms. The molecule has 1 aromatic heterocycles. The molecule has 1 saturated carbocycles. The number of piperazine rings is 1. The van der Waals surface area contributed by atoms with Gasteiger partial charge in [0.2, 0.25) is 12.0 Å². The SMILES string of the molecule is CN1CCN(Cc2ccc(Nc3ncc(Cl)c(Nc4ccccc4[N+](=O)C4CCCC4)n3)cc2)CC1. The summed E-state index contributed by atoms with van der Waals surface area (Å²) in [6.07, 6.45) is 5.61. The van der Waals surface area contributed by atoms with Gasteiger partial charge in [-0.15, -0.1) is 0 Å². The van der Waals surface area contributed by atoms with Crippen molar-refractivity contribution in [2.45, 2.75) is 38.3 Å². The van der Waals surface area contributed by atoms with Crippen LogP contribution in [0.15, 0.2) is 54.7 Å². The summed E-state index contributed by atoms with van der Waals surface area (Å²) >= 11 is 6.42. The number of hydrogen-bond donors (Lipinski definition) is 2. The Bertz CT molecular complexity index is 1190. The van der Waals surface area contributed by atoms with Gasteiger partial charge in [-0.25, -0.2) is 4.98 Å². The van der Waals surface area contributed by atoms with E-state index in [1.807, 2.05) is 36.4 Å². The molecule has 9 heteroatoms. The minimum Gasteiger partial charge on any atom is -0.333 e. The summed E-state index contributed by atoms with van der Waals surface area (Å²) in [6.45, 7) is 5.37. The predicted octanol–water partition coefficient (Wildman–Crippen LogP) is 5.72. The van der Waals surface area contributed by atoms with E-state index < -0.39 is 0 Å². The molecule has 3 aromatic rings. The highest BCUT2D eigenvalue weighted by Gasteiger charge is 2.33. The predicted molar refractivity (Wildman–Crippen MR) is 145 cm³/mol. The molecule has 2 aliphatic rings. The van der Waals surface area contributed by atoms with Crippen molar-refractivity contribution < 1.29 is 4.76 Å². The van der Waals surface area contributed by atoms with Crippen molar-refractivity contribution in [3.63, 3.8) is 0 Å². The molecule has 188 valence electrons. The van der Waals surface area contributed by atoms with Gasteiger partial charge in [0.25, 0.3) is 5.69 Å². The molecule has 1 saturated heterocycles. The molecule has 0 radical (unpaired) electrons. The van der Waals surface area contributed by atoms with Gasteiger partial charge in [-0.05, 0) is 43.7 Å². The molecule has 36 heavy (non-hydrogen) atoms. The van der Waals surface area contributed by atoms with Gasteiger partial charge in [-0.2, -0.15) is 4.98 Å². The molecule has 0 amide bonds. The second-order valence-corrected chi connectivity index (χ2v) is 10.1. The molecule has 1 aliphatic carbocycles. The van der Waals surface area contributed by atoms with E-state index in [0.717, 1.165) is 68.9 Å². The fourth-order valence-corrected chi connectivity index (χ4v) is 4.97. The zero-order valence-electron chi connectivity index (χ0n) is 20.7. The lowest BCUT2D eigenvalue weighted by Gasteiger charge is -2.32. The first-order valence-corrected chi connectivity index (χ1v) is 13.0. The molecule has 2 heterocycles. The molecule has 0 spiro atoms. The smallest absolute Gasteiger partial charge is 0.279 e. The van der Waals surface area contributed by atoms with E-state index in [9.17, 15) is 4.91 Å². The third-order valence-electron chi connectivity index (χ3n) is 7.01. The van der Waals surface area contributed by atoms with Gasteiger partial charge >= 0.3 is 0 Å². The number of likely N-dealkylation sites (N-methyl/N-ethyl adjacent to an activating group) is 1. The minimum absolute atomic E-state index is 0.0188. The lowest BCUT2D eigenvalue weighted by atomic mass is 10.2. The van der Waals surface area contributed by atoms with Crippen molar-refractivity contribution in [1.82, 2.24) is 19.8 Å². The standard InChI is InChI=1S/C27H33ClN7O/c1-33-14-16-34(17-15-33)19-20-10-12-21(13-11-20)30-27-29-18-23(28)26(32-27)31-24-8-4-5-9-25(24)35(36)22-6-2-3-7-22/h4-5,8-13,18,22H,2-3,6-7,14-17,19H2,1H3,(H2,29,30,31,32)/q+1. The second kappa shape index (κ2) is 11.3. The molecule has 0 unspecified atom stereocenters. The van der Waals surface area contributed by atoms with Crippen LogP contribution in [0, 0.1) is 4.91 Å². The van der Waals surface area contributed by atoms with Crippen molar-refractivity contribution in [2.75, 3.05) is 43.9 Å². The summed E-state index contributed by atoms with van der Waals surface area (Å²) in [4.78, 5) is 26.8. The molecule has 2 aromatic carbocycles. The summed E-state index contributed by atoms with van der Waals surface area (Å²) < 4.78 is 1.13.